The fourth-order valence-corrected chi connectivity index (χ4v) is 1.30. The first-order valence-corrected chi connectivity index (χ1v) is 4.38. The van der Waals surface area contributed by atoms with E-state index in [9.17, 15) is 4.79 Å². The topological polar surface area (TPSA) is 17.1 Å². The Balaban J connectivity index is 2.63. The lowest BCUT2D eigenvalue weighted by molar-refractivity contribution is -0.107. The molecule has 0 saturated carbocycles. The van der Waals surface area contributed by atoms with E-state index >= 15 is 0 Å². The Morgan fingerprint density at radius 2 is 2.31 bits per heavy atom. The average molecular weight is 174 g/mol. The van der Waals surface area contributed by atoms with Crippen LogP contribution in [-0.4, -0.2) is 6.29 Å². The first-order valence-electron chi connectivity index (χ1n) is 4.38. The van der Waals surface area contributed by atoms with Crippen molar-refractivity contribution in [3.63, 3.8) is 0 Å². The SMILES string of the molecule is C=C(CC=O)Cc1cccc(C)c1. The Hall–Kier alpha value is -1.37. The lowest BCUT2D eigenvalue weighted by Gasteiger charge is -2.02. The fourth-order valence-electron chi connectivity index (χ4n) is 1.30. The Morgan fingerprint density at radius 1 is 1.54 bits per heavy atom. The molecule has 0 heterocycles. The molecule has 1 rings (SSSR count). The molecule has 1 aromatic carbocycles. The summed E-state index contributed by atoms with van der Waals surface area (Å²) < 4.78 is 0. The molecule has 0 aliphatic heterocycles. The third-order valence-electron chi connectivity index (χ3n) is 1.91. The standard InChI is InChI=1S/C12H14O/c1-10-4-3-5-12(8-10)9-11(2)6-7-13/h3-5,7-8H,2,6,9H2,1H3. The smallest absolute Gasteiger partial charge is 0.124 e. The molecular weight excluding hydrogens is 160 g/mol. The first-order chi connectivity index (χ1) is 6.22. The number of allylic oxidation sites excluding steroid dienone is 1. The van der Waals surface area contributed by atoms with E-state index in [2.05, 4.69) is 31.7 Å². The molecule has 13 heavy (non-hydrogen) atoms. The Morgan fingerprint density at radius 3 is 2.92 bits per heavy atom. The Labute approximate surface area is 79.1 Å². The predicted octanol–water partition coefficient (Wildman–Crippen LogP) is 2.68. The van der Waals surface area contributed by atoms with Crippen molar-refractivity contribution >= 4 is 6.29 Å². The number of benzene rings is 1. The Bertz CT molecular complexity index is 313. The molecule has 0 saturated heterocycles. The molecule has 68 valence electrons. The second-order valence-corrected chi connectivity index (χ2v) is 3.29. The number of aldehydes is 1. The highest BCUT2D eigenvalue weighted by Crippen LogP contribution is 2.10. The van der Waals surface area contributed by atoms with Gasteiger partial charge >= 0.3 is 0 Å². The molecule has 0 aromatic heterocycles. The van der Waals surface area contributed by atoms with Gasteiger partial charge in [0.15, 0.2) is 0 Å². The summed E-state index contributed by atoms with van der Waals surface area (Å²) >= 11 is 0. The molecule has 0 fully saturated rings. The molecule has 1 heteroatoms. The van der Waals surface area contributed by atoms with Gasteiger partial charge in [-0.2, -0.15) is 0 Å². The summed E-state index contributed by atoms with van der Waals surface area (Å²) in [6, 6.07) is 8.27. The molecule has 0 aliphatic carbocycles. The number of aryl methyl sites for hydroxylation is 1. The van der Waals surface area contributed by atoms with Gasteiger partial charge in [0.05, 0.1) is 0 Å². The first kappa shape index (κ1) is 9.72. The van der Waals surface area contributed by atoms with Crippen LogP contribution in [0.15, 0.2) is 36.4 Å². The van der Waals surface area contributed by atoms with Crippen molar-refractivity contribution < 1.29 is 4.79 Å². The van der Waals surface area contributed by atoms with Crippen molar-refractivity contribution in [3.05, 3.63) is 47.5 Å². The van der Waals surface area contributed by atoms with E-state index in [1.807, 2.05) is 6.07 Å². The molecule has 0 bridgehead atoms. The van der Waals surface area contributed by atoms with E-state index in [0.29, 0.717) is 6.42 Å². The third kappa shape index (κ3) is 3.24. The molecular formula is C12H14O. The molecule has 0 N–H and O–H groups in total. The van der Waals surface area contributed by atoms with Crippen molar-refractivity contribution in [2.24, 2.45) is 0 Å². The van der Waals surface area contributed by atoms with Crippen LogP contribution in [0.25, 0.3) is 0 Å². The maximum atomic E-state index is 10.2. The Kier molecular flexibility index (Phi) is 3.44. The van der Waals surface area contributed by atoms with E-state index in [1.54, 1.807) is 0 Å². The van der Waals surface area contributed by atoms with Crippen LogP contribution in [0.3, 0.4) is 0 Å². The zero-order valence-corrected chi connectivity index (χ0v) is 7.92. The van der Waals surface area contributed by atoms with Crippen LogP contribution in [-0.2, 0) is 11.2 Å². The summed E-state index contributed by atoms with van der Waals surface area (Å²) in [6.07, 6.45) is 2.17. The van der Waals surface area contributed by atoms with Crippen molar-refractivity contribution in [1.29, 1.82) is 0 Å². The van der Waals surface area contributed by atoms with Gasteiger partial charge in [0.2, 0.25) is 0 Å². The third-order valence-corrected chi connectivity index (χ3v) is 1.91. The van der Waals surface area contributed by atoms with E-state index in [-0.39, 0.29) is 0 Å². The lowest BCUT2D eigenvalue weighted by Crippen LogP contribution is -1.90. The molecule has 0 radical (unpaired) electrons. The van der Waals surface area contributed by atoms with Crippen LogP contribution in [0.4, 0.5) is 0 Å². The number of rotatable bonds is 4. The highest BCUT2D eigenvalue weighted by molar-refractivity contribution is 5.54. The highest BCUT2D eigenvalue weighted by Gasteiger charge is 1.96. The monoisotopic (exact) mass is 174 g/mol. The number of hydrogen-bond donors (Lipinski definition) is 0. The van der Waals surface area contributed by atoms with Gasteiger partial charge in [-0.25, -0.2) is 0 Å². The number of carbonyl (C=O) groups is 1. The van der Waals surface area contributed by atoms with Gasteiger partial charge in [0.25, 0.3) is 0 Å². The molecule has 1 aromatic rings. The van der Waals surface area contributed by atoms with Crippen molar-refractivity contribution in [1.82, 2.24) is 0 Å². The fraction of sp³-hybridized carbons (Fsp3) is 0.250. The van der Waals surface area contributed by atoms with E-state index in [4.69, 9.17) is 0 Å². The molecule has 0 spiro atoms. The van der Waals surface area contributed by atoms with Crippen LogP contribution in [0, 0.1) is 6.92 Å². The van der Waals surface area contributed by atoms with Gasteiger partial charge in [0.1, 0.15) is 6.29 Å². The van der Waals surface area contributed by atoms with Gasteiger partial charge in [-0.1, -0.05) is 42.0 Å². The van der Waals surface area contributed by atoms with Crippen LogP contribution in [0.5, 0.6) is 0 Å². The van der Waals surface area contributed by atoms with E-state index in [0.717, 1.165) is 18.3 Å². The molecule has 0 unspecified atom stereocenters. The number of hydrogen-bond acceptors (Lipinski definition) is 1. The lowest BCUT2D eigenvalue weighted by atomic mass is 10.0. The zero-order valence-electron chi connectivity index (χ0n) is 7.92. The predicted molar refractivity (Wildman–Crippen MR) is 54.7 cm³/mol. The van der Waals surface area contributed by atoms with Gasteiger partial charge in [-0.3, -0.25) is 0 Å². The molecule has 0 amide bonds. The summed E-state index contributed by atoms with van der Waals surface area (Å²) in [6.45, 7) is 5.90. The van der Waals surface area contributed by atoms with Gasteiger partial charge < -0.3 is 4.79 Å². The summed E-state index contributed by atoms with van der Waals surface area (Å²) in [5.74, 6) is 0. The summed E-state index contributed by atoms with van der Waals surface area (Å²) in [7, 11) is 0. The zero-order chi connectivity index (χ0) is 9.68. The van der Waals surface area contributed by atoms with Crippen molar-refractivity contribution in [3.8, 4) is 0 Å². The van der Waals surface area contributed by atoms with Crippen LogP contribution in [0.2, 0.25) is 0 Å². The summed E-state index contributed by atoms with van der Waals surface area (Å²) in [5.41, 5.74) is 3.45. The van der Waals surface area contributed by atoms with Gasteiger partial charge in [-0.15, -0.1) is 0 Å². The molecule has 0 atom stereocenters. The van der Waals surface area contributed by atoms with Crippen molar-refractivity contribution in [2.45, 2.75) is 19.8 Å². The van der Waals surface area contributed by atoms with Gasteiger partial charge in [0, 0.05) is 6.42 Å². The largest absolute Gasteiger partial charge is 0.303 e. The molecule has 1 nitrogen and oxygen atoms in total. The highest BCUT2D eigenvalue weighted by atomic mass is 16.1. The normalized spacial score (nSPS) is 9.62. The van der Waals surface area contributed by atoms with E-state index < -0.39 is 0 Å². The second kappa shape index (κ2) is 4.61. The van der Waals surface area contributed by atoms with E-state index in [1.165, 1.54) is 11.1 Å². The molecule has 0 aliphatic rings. The van der Waals surface area contributed by atoms with Crippen molar-refractivity contribution in [2.75, 3.05) is 0 Å². The second-order valence-electron chi connectivity index (χ2n) is 3.29. The maximum Gasteiger partial charge on any atom is 0.124 e. The van der Waals surface area contributed by atoms with Crippen LogP contribution < -0.4 is 0 Å². The minimum absolute atomic E-state index is 0.466. The van der Waals surface area contributed by atoms with Gasteiger partial charge in [-0.05, 0) is 18.9 Å². The minimum Gasteiger partial charge on any atom is -0.303 e. The van der Waals surface area contributed by atoms with Crippen LogP contribution in [0.1, 0.15) is 17.5 Å². The summed E-state index contributed by atoms with van der Waals surface area (Å²) in [4.78, 5) is 10.2. The quantitative estimate of drug-likeness (QED) is 0.506. The summed E-state index contributed by atoms with van der Waals surface area (Å²) in [5, 5.41) is 0. The van der Waals surface area contributed by atoms with Crippen LogP contribution >= 0.6 is 0 Å². The number of carbonyl (C=O) groups excluding carboxylic acids is 1. The average Bonchev–Trinajstić information content (AvgIpc) is 2.04. The maximum absolute atomic E-state index is 10.2. The minimum atomic E-state index is 0.466.